The summed E-state index contributed by atoms with van der Waals surface area (Å²) in [7, 11) is 0. The van der Waals surface area contributed by atoms with Gasteiger partial charge in [-0.05, 0) is 18.3 Å². The lowest BCUT2D eigenvalue weighted by Crippen LogP contribution is -2.31. The Bertz CT molecular complexity index is 109. The van der Waals surface area contributed by atoms with E-state index in [2.05, 4.69) is 20.8 Å². The Labute approximate surface area is 57.6 Å². The first-order chi connectivity index (χ1) is 4.11. The highest BCUT2D eigenvalue weighted by molar-refractivity contribution is 5.08. The third kappa shape index (κ3) is 0.983. The molecule has 1 heteroatoms. The molecule has 0 radical (unpaired) electrons. The third-order valence-electron chi connectivity index (χ3n) is 2.77. The molecular formula is C8H17N. The van der Waals surface area contributed by atoms with Crippen LogP contribution in [0.3, 0.4) is 0 Å². The first-order valence-corrected chi connectivity index (χ1v) is 3.90. The zero-order chi connectivity index (χ0) is 7.07. The van der Waals surface area contributed by atoms with E-state index >= 15 is 0 Å². The van der Waals surface area contributed by atoms with Crippen molar-refractivity contribution < 1.29 is 0 Å². The number of hydrogen-bond donors (Lipinski definition) is 1. The van der Waals surface area contributed by atoms with Crippen molar-refractivity contribution in [3.05, 3.63) is 0 Å². The van der Waals surface area contributed by atoms with Gasteiger partial charge in [0.2, 0.25) is 0 Å². The summed E-state index contributed by atoms with van der Waals surface area (Å²) in [6.07, 6.45) is 2.51. The molecule has 2 N–H and O–H groups in total. The molecular weight excluding hydrogens is 110 g/mol. The second-order valence-corrected chi connectivity index (χ2v) is 3.58. The molecule has 1 nitrogen and oxygen atoms in total. The van der Waals surface area contributed by atoms with Crippen LogP contribution >= 0.6 is 0 Å². The van der Waals surface area contributed by atoms with E-state index in [1.54, 1.807) is 0 Å². The van der Waals surface area contributed by atoms with Crippen LogP contribution in [0.25, 0.3) is 0 Å². The van der Waals surface area contributed by atoms with E-state index in [4.69, 9.17) is 5.73 Å². The van der Waals surface area contributed by atoms with Crippen molar-refractivity contribution in [2.45, 2.75) is 39.2 Å². The number of hydrogen-bond acceptors (Lipinski definition) is 1. The summed E-state index contributed by atoms with van der Waals surface area (Å²) >= 11 is 0. The molecule has 0 aromatic heterocycles. The van der Waals surface area contributed by atoms with Gasteiger partial charge in [-0.15, -0.1) is 0 Å². The second kappa shape index (κ2) is 1.98. The maximum absolute atomic E-state index is 6.04. The van der Waals surface area contributed by atoms with Gasteiger partial charge in [-0.25, -0.2) is 0 Å². The highest BCUT2D eigenvalue weighted by Gasteiger charge is 2.51. The molecule has 0 spiro atoms. The summed E-state index contributed by atoms with van der Waals surface area (Å²) < 4.78 is 0. The standard InChI is InChI=1S/C8H17N/c1-4-7-5-8(7,9)6(2)3/h6-7H,4-5,9H2,1-3H3. The van der Waals surface area contributed by atoms with E-state index in [1.807, 2.05) is 0 Å². The molecule has 0 heterocycles. The quantitative estimate of drug-likeness (QED) is 0.601. The lowest BCUT2D eigenvalue weighted by Gasteiger charge is -2.14. The minimum atomic E-state index is 0.217. The molecule has 1 rings (SSSR count). The topological polar surface area (TPSA) is 26.0 Å². The summed E-state index contributed by atoms with van der Waals surface area (Å²) in [5, 5.41) is 0. The Morgan fingerprint density at radius 2 is 2.22 bits per heavy atom. The van der Waals surface area contributed by atoms with Gasteiger partial charge in [0.25, 0.3) is 0 Å². The molecule has 0 aromatic carbocycles. The van der Waals surface area contributed by atoms with E-state index in [1.165, 1.54) is 12.8 Å². The van der Waals surface area contributed by atoms with Crippen LogP contribution in [-0.2, 0) is 0 Å². The van der Waals surface area contributed by atoms with Crippen LogP contribution in [0.5, 0.6) is 0 Å². The monoisotopic (exact) mass is 127 g/mol. The molecule has 0 aromatic rings. The van der Waals surface area contributed by atoms with Gasteiger partial charge in [0.1, 0.15) is 0 Å². The lowest BCUT2D eigenvalue weighted by molar-refractivity contribution is 0.434. The number of rotatable bonds is 2. The maximum Gasteiger partial charge on any atom is 0.0210 e. The van der Waals surface area contributed by atoms with Crippen LogP contribution in [0.4, 0.5) is 0 Å². The molecule has 0 saturated heterocycles. The predicted octanol–water partition coefficient (Wildman–Crippen LogP) is 1.77. The van der Waals surface area contributed by atoms with Gasteiger partial charge in [0.05, 0.1) is 0 Å². The second-order valence-electron chi connectivity index (χ2n) is 3.58. The van der Waals surface area contributed by atoms with E-state index < -0.39 is 0 Å². The van der Waals surface area contributed by atoms with E-state index in [0.29, 0.717) is 5.92 Å². The van der Waals surface area contributed by atoms with Crippen LogP contribution in [0.2, 0.25) is 0 Å². The zero-order valence-electron chi connectivity index (χ0n) is 6.65. The molecule has 1 saturated carbocycles. The van der Waals surface area contributed by atoms with Crippen molar-refractivity contribution in [1.82, 2.24) is 0 Å². The van der Waals surface area contributed by atoms with Gasteiger partial charge in [-0.1, -0.05) is 27.2 Å². The number of nitrogens with two attached hydrogens (primary N) is 1. The van der Waals surface area contributed by atoms with Crippen molar-refractivity contribution >= 4 is 0 Å². The fourth-order valence-corrected chi connectivity index (χ4v) is 1.60. The molecule has 0 amide bonds. The third-order valence-corrected chi connectivity index (χ3v) is 2.77. The zero-order valence-corrected chi connectivity index (χ0v) is 6.65. The summed E-state index contributed by atoms with van der Waals surface area (Å²) in [6, 6.07) is 0. The van der Waals surface area contributed by atoms with Gasteiger partial charge in [0, 0.05) is 5.54 Å². The van der Waals surface area contributed by atoms with Crippen molar-refractivity contribution in [2.24, 2.45) is 17.6 Å². The van der Waals surface area contributed by atoms with Crippen LogP contribution in [0.1, 0.15) is 33.6 Å². The average molecular weight is 127 g/mol. The Kier molecular flexibility index (Phi) is 1.55. The minimum Gasteiger partial charge on any atom is -0.325 e. The maximum atomic E-state index is 6.04. The van der Waals surface area contributed by atoms with Crippen LogP contribution in [0.15, 0.2) is 0 Å². The van der Waals surface area contributed by atoms with Gasteiger partial charge in [-0.2, -0.15) is 0 Å². The molecule has 1 aliphatic carbocycles. The summed E-state index contributed by atoms with van der Waals surface area (Å²) in [4.78, 5) is 0. The highest BCUT2D eigenvalue weighted by Crippen LogP contribution is 2.48. The molecule has 0 aliphatic heterocycles. The fraction of sp³-hybridized carbons (Fsp3) is 1.00. The average Bonchev–Trinajstić information content (AvgIpc) is 2.44. The molecule has 1 aliphatic rings. The van der Waals surface area contributed by atoms with E-state index in [9.17, 15) is 0 Å². The highest BCUT2D eigenvalue weighted by atomic mass is 14.9. The summed E-state index contributed by atoms with van der Waals surface area (Å²) in [5.74, 6) is 1.49. The normalized spacial score (nSPS) is 41.7. The van der Waals surface area contributed by atoms with Gasteiger partial charge < -0.3 is 5.73 Å². The van der Waals surface area contributed by atoms with Crippen LogP contribution < -0.4 is 5.73 Å². The van der Waals surface area contributed by atoms with Crippen molar-refractivity contribution in [2.75, 3.05) is 0 Å². The fourth-order valence-electron chi connectivity index (χ4n) is 1.60. The summed E-state index contributed by atoms with van der Waals surface area (Å²) in [6.45, 7) is 6.66. The van der Waals surface area contributed by atoms with Crippen molar-refractivity contribution in [1.29, 1.82) is 0 Å². The minimum absolute atomic E-state index is 0.217. The first-order valence-electron chi connectivity index (χ1n) is 3.90. The van der Waals surface area contributed by atoms with Crippen molar-refractivity contribution in [3.63, 3.8) is 0 Å². The van der Waals surface area contributed by atoms with Gasteiger partial charge in [0.15, 0.2) is 0 Å². The lowest BCUT2D eigenvalue weighted by atomic mass is 10.00. The van der Waals surface area contributed by atoms with E-state index in [0.717, 1.165) is 5.92 Å². The largest absolute Gasteiger partial charge is 0.325 e. The Morgan fingerprint density at radius 3 is 2.33 bits per heavy atom. The smallest absolute Gasteiger partial charge is 0.0210 e. The molecule has 54 valence electrons. The summed E-state index contributed by atoms with van der Waals surface area (Å²) in [5.41, 5.74) is 6.26. The van der Waals surface area contributed by atoms with Gasteiger partial charge >= 0.3 is 0 Å². The van der Waals surface area contributed by atoms with Crippen LogP contribution in [0, 0.1) is 11.8 Å². The Balaban J connectivity index is 2.42. The Morgan fingerprint density at radius 1 is 1.67 bits per heavy atom. The molecule has 9 heavy (non-hydrogen) atoms. The molecule has 1 fully saturated rings. The van der Waals surface area contributed by atoms with Crippen LogP contribution in [-0.4, -0.2) is 5.54 Å². The van der Waals surface area contributed by atoms with Crippen molar-refractivity contribution in [3.8, 4) is 0 Å². The molecule has 2 unspecified atom stereocenters. The SMILES string of the molecule is CCC1CC1(N)C(C)C. The van der Waals surface area contributed by atoms with Gasteiger partial charge in [-0.3, -0.25) is 0 Å². The molecule has 2 atom stereocenters. The van der Waals surface area contributed by atoms with E-state index in [-0.39, 0.29) is 5.54 Å². The first kappa shape index (κ1) is 7.07. The Hall–Kier alpha value is -0.0400. The molecule has 0 bridgehead atoms. The predicted molar refractivity (Wildman–Crippen MR) is 40.2 cm³/mol.